The summed E-state index contributed by atoms with van der Waals surface area (Å²) in [5.74, 6) is 1.41. The third-order valence-corrected chi connectivity index (χ3v) is 5.62. The third kappa shape index (κ3) is 4.32. The topological polar surface area (TPSA) is 51.0 Å². The predicted octanol–water partition coefficient (Wildman–Crippen LogP) is 5.17. The van der Waals surface area contributed by atoms with Crippen molar-refractivity contribution in [2.24, 2.45) is 5.41 Å². The second-order valence-electron chi connectivity index (χ2n) is 6.86. The lowest BCUT2D eigenvalue weighted by atomic mass is 9.85. The van der Waals surface area contributed by atoms with Crippen molar-refractivity contribution in [3.63, 3.8) is 0 Å². The first kappa shape index (κ1) is 17.3. The Kier molecular flexibility index (Phi) is 5.48. The largest absolute Gasteiger partial charge is 0.339 e. The van der Waals surface area contributed by atoms with Gasteiger partial charge in [0, 0.05) is 17.3 Å². The molecule has 3 heterocycles. The Morgan fingerprint density at radius 1 is 1.17 bits per heavy atom. The molecule has 0 aromatic carbocycles. The molecule has 0 radical (unpaired) electrons. The van der Waals surface area contributed by atoms with Crippen LogP contribution in [-0.2, 0) is 6.42 Å². The molecule has 0 bridgehead atoms. The van der Waals surface area contributed by atoms with Gasteiger partial charge in [-0.2, -0.15) is 4.98 Å². The van der Waals surface area contributed by atoms with Crippen LogP contribution in [0.5, 0.6) is 0 Å². The van der Waals surface area contributed by atoms with E-state index in [0.29, 0.717) is 17.8 Å². The molecule has 0 spiro atoms. The Morgan fingerprint density at radius 2 is 1.96 bits per heavy atom. The molecule has 128 valence electrons. The first-order chi connectivity index (χ1) is 11.5. The molecule has 0 aliphatic rings. The summed E-state index contributed by atoms with van der Waals surface area (Å²) >= 11 is 3.44. The number of nitrogens with one attached hydrogen (secondary N) is 1. The highest BCUT2D eigenvalue weighted by atomic mass is 32.1. The fourth-order valence-electron chi connectivity index (χ4n) is 2.64. The van der Waals surface area contributed by atoms with Gasteiger partial charge in [0.1, 0.15) is 0 Å². The van der Waals surface area contributed by atoms with Gasteiger partial charge >= 0.3 is 0 Å². The van der Waals surface area contributed by atoms with E-state index in [4.69, 9.17) is 4.52 Å². The van der Waals surface area contributed by atoms with Gasteiger partial charge in [0.2, 0.25) is 11.7 Å². The molecule has 4 nitrogen and oxygen atoms in total. The predicted molar refractivity (Wildman–Crippen MR) is 100 cm³/mol. The van der Waals surface area contributed by atoms with Crippen molar-refractivity contribution in [3.05, 3.63) is 45.8 Å². The quantitative estimate of drug-likeness (QED) is 0.590. The van der Waals surface area contributed by atoms with Crippen molar-refractivity contribution in [1.29, 1.82) is 0 Å². The summed E-state index contributed by atoms with van der Waals surface area (Å²) in [5.41, 5.74) is 0.182. The molecule has 0 fully saturated rings. The van der Waals surface area contributed by atoms with Crippen LogP contribution in [0.15, 0.2) is 39.5 Å². The van der Waals surface area contributed by atoms with Crippen LogP contribution >= 0.6 is 22.7 Å². The minimum atomic E-state index is 0.182. The van der Waals surface area contributed by atoms with Gasteiger partial charge in [-0.15, -0.1) is 22.7 Å². The summed E-state index contributed by atoms with van der Waals surface area (Å²) < 4.78 is 5.35. The van der Waals surface area contributed by atoms with Crippen molar-refractivity contribution in [1.82, 2.24) is 15.5 Å². The molecule has 0 saturated carbocycles. The first-order valence-corrected chi connectivity index (χ1v) is 9.93. The fourth-order valence-corrected chi connectivity index (χ4v) is 4.33. The van der Waals surface area contributed by atoms with Gasteiger partial charge < -0.3 is 9.84 Å². The molecular formula is C18H23N3OS2. The van der Waals surface area contributed by atoms with E-state index in [1.165, 1.54) is 4.88 Å². The van der Waals surface area contributed by atoms with E-state index in [1.54, 1.807) is 11.3 Å². The highest BCUT2D eigenvalue weighted by molar-refractivity contribution is 7.13. The zero-order valence-electron chi connectivity index (χ0n) is 14.3. The third-order valence-electron chi connectivity index (χ3n) is 3.82. The van der Waals surface area contributed by atoms with Crippen molar-refractivity contribution >= 4 is 22.7 Å². The van der Waals surface area contributed by atoms with Gasteiger partial charge in [-0.25, -0.2) is 0 Å². The maximum Gasteiger partial charge on any atom is 0.227 e. The number of hydrogen-bond donors (Lipinski definition) is 1. The van der Waals surface area contributed by atoms with Gasteiger partial charge in [-0.3, -0.25) is 0 Å². The van der Waals surface area contributed by atoms with Gasteiger partial charge in [-0.05, 0) is 41.3 Å². The highest BCUT2D eigenvalue weighted by Crippen LogP contribution is 2.35. The lowest BCUT2D eigenvalue weighted by Gasteiger charge is -2.31. The minimum absolute atomic E-state index is 0.182. The molecular weight excluding hydrogens is 338 g/mol. The molecule has 3 aromatic rings. The first-order valence-electron chi connectivity index (χ1n) is 8.17. The van der Waals surface area contributed by atoms with Gasteiger partial charge in [0.25, 0.3) is 0 Å². The van der Waals surface area contributed by atoms with Crippen LogP contribution in [0.2, 0.25) is 0 Å². The smallest absolute Gasteiger partial charge is 0.227 e. The average molecular weight is 362 g/mol. The molecule has 24 heavy (non-hydrogen) atoms. The monoisotopic (exact) mass is 361 g/mol. The van der Waals surface area contributed by atoms with Crippen molar-refractivity contribution in [2.45, 2.75) is 39.7 Å². The molecule has 0 amide bonds. The van der Waals surface area contributed by atoms with Crippen molar-refractivity contribution < 1.29 is 4.52 Å². The summed E-state index contributed by atoms with van der Waals surface area (Å²) in [4.78, 5) is 6.91. The summed E-state index contributed by atoms with van der Waals surface area (Å²) in [5, 5.41) is 11.9. The number of rotatable bonds is 7. The average Bonchev–Trinajstić information content (AvgIpc) is 3.27. The van der Waals surface area contributed by atoms with Crippen LogP contribution in [0.3, 0.4) is 0 Å². The molecule has 3 aromatic heterocycles. The lowest BCUT2D eigenvalue weighted by molar-refractivity contribution is 0.274. The van der Waals surface area contributed by atoms with Gasteiger partial charge in [0.15, 0.2) is 0 Å². The number of hydrogen-bond acceptors (Lipinski definition) is 6. The standard InChI is InChI=1S/C18H23N3OS2/c1-18(2,3)16(13-7-5-11-23-13)19-10-4-9-15-20-17(21-22-15)14-8-6-12-24-14/h5-8,11-12,16,19H,4,9-10H2,1-3H3. The number of thiophene rings is 2. The molecule has 1 N–H and O–H groups in total. The fraction of sp³-hybridized carbons (Fsp3) is 0.444. The van der Waals surface area contributed by atoms with Crippen molar-refractivity contribution in [3.8, 4) is 10.7 Å². The molecule has 1 unspecified atom stereocenters. The maximum absolute atomic E-state index is 5.35. The second-order valence-corrected chi connectivity index (χ2v) is 8.79. The second kappa shape index (κ2) is 7.59. The van der Waals surface area contributed by atoms with E-state index < -0.39 is 0 Å². The van der Waals surface area contributed by atoms with Gasteiger partial charge in [0.05, 0.1) is 4.88 Å². The minimum Gasteiger partial charge on any atom is -0.339 e. The summed E-state index contributed by atoms with van der Waals surface area (Å²) in [6.07, 6.45) is 1.77. The Balaban J connectivity index is 1.51. The number of aryl methyl sites for hydroxylation is 1. The van der Waals surface area contributed by atoms with Crippen LogP contribution in [0, 0.1) is 5.41 Å². The Hall–Kier alpha value is -1.50. The lowest BCUT2D eigenvalue weighted by Crippen LogP contribution is -2.32. The molecule has 0 saturated heterocycles. The van der Waals surface area contributed by atoms with E-state index in [9.17, 15) is 0 Å². The van der Waals surface area contributed by atoms with Crippen LogP contribution in [0.1, 0.15) is 44.0 Å². The SMILES string of the molecule is CC(C)(C)C(NCCCc1nc(-c2cccs2)no1)c1cccs1. The normalized spacial score (nSPS) is 13.3. The van der Waals surface area contributed by atoms with Crippen LogP contribution in [0.25, 0.3) is 10.7 Å². The molecule has 6 heteroatoms. The van der Waals surface area contributed by atoms with Crippen molar-refractivity contribution in [2.75, 3.05) is 6.54 Å². The zero-order chi connectivity index (χ0) is 17.0. The van der Waals surface area contributed by atoms with E-state index in [-0.39, 0.29) is 5.41 Å². The number of nitrogens with zero attached hydrogens (tertiary/aromatic N) is 2. The van der Waals surface area contributed by atoms with Gasteiger partial charge in [-0.1, -0.05) is 38.1 Å². The van der Waals surface area contributed by atoms with E-state index in [2.05, 4.69) is 53.7 Å². The van der Waals surface area contributed by atoms with E-state index >= 15 is 0 Å². The van der Waals surface area contributed by atoms with Crippen LogP contribution in [-0.4, -0.2) is 16.7 Å². The van der Waals surface area contributed by atoms with Crippen LogP contribution in [0.4, 0.5) is 0 Å². The summed E-state index contributed by atoms with van der Waals surface area (Å²) in [6, 6.07) is 8.69. The molecule has 1 atom stereocenters. The Bertz CT molecular complexity index is 727. The Labute approximate surface area is 150 Å². The van der Waals surface area contributed by atoms with E-state index in [0.717, 1.165) is 24.3 Å². The molecule has 3 rings (SSSR count). The molecule has 0 aliphatic heterocycles. The molecule has 0 aliphatic carbocycles. The summed E-state index contributed by atoms with van der Waals surface area (Å²) in [6.45, 7) is 7.75. The summed E-state index contributed by atoms with van der Waals surface area (Å²) in [7, 11) is 0. The number of aromatic nitrogens is 2. The highest BCUT2D eigenvalue weighted by Gasteiger charge is 2.26. The Morgan fingerprint density at radius 3 is 2.62 bits per heavy atom. The van der Waals surface area contributed by atoms with Crippen LogP contribution < -0.4 is 5.32 Å². The van der Waals surface area contributed by atoms with E-state index in [1.807, 2.05) is 28.8 Å². The maximum atomic E-state index is 5.35. The zero-order valence-corrected chi connectivity index (χ0v) is 15.9.